The molecular weight excluding hydrogens is 670 g/mol. The molecule has 0 aliphatic carbocycles. The highest BCUT2D eigenvalue weighted by Crippen LogP contribution is 2.60. The summed E-state index contributed by atoms with van der Waals surface area (Å²) in [5.41, 5.74) is 1.97. The Bertz CT molecular complexity index is 1780. The number of carbonyl (C=O) groups excluding carboxylic acids is 4. The molecule has 4 heterocycles. The summed E-state index contributed by atoms with van der Waals surface area (Å²) in [5, 5.41) is 4.70. The molecule has 0 saturated carbocycles. The fourth-order valence-corrected chi connectivity index (χ4v) is 8.67. The van der Waals surface area contributed by atoms with Crippen LogP contribution >= 0.6 is 46.4 Å². The van der Waals surface area contributed by atoms with Crippen LogP contribution in [-0.2, 0) is 19.2 Å². The van der Waals surface area contributed by atoms with Crippen LogP contribution in [0.5, 0.6) is 0 Å². The van der Waals surface area contributed by atoms with E-state index in [1.807, 2.05) is 60.7 Å². The smallest absolute Gasteiger partial charge is 0.253 e. The van der Waals surface area contributed by atoms with Crippen LogP contribution in [-0.4, -0.2) is 45.7 Å². The van der Waals surface area contributed by atoms with Crippen molar-refractivity contribution < 1.29 is 19.2 Å². The lowest BCUT2D eigenvalue weighted by Crippen LogP contribution is -2.50. The van der Waals surface area contributed by atoms with Crippen molar-refractivity contribution in [2.24, 2.45) is 11.8 Å². The van der Waals surface area contributed by atoms with Gasteiger partial charge in [0.1, 0.15) is 12.1 Å². The maximum atomic E-state index is 14.5. The Kier molecular flexibility index (Phi) is 7.03. The molecule has 0 radical (unpaired) electrons. The van der Waals surface area contributed by atoms with Gasteiger partial charge < -0.3 is 0 Å². The van der Waals surface area contributed by atoms with Gasteiger partial charge in [-0.2, -0.15) is 0 Å². The molecule has 12 heteroatoms. The monoisotopic (exact) mass is 690 g/mol. The van der Waals surface area contributed by atoms with Crippen LogP contribution in [0.4, 0.5) is 11.4 Å². The summed E-state index contributed by atoms with van der Waals surface area (Å²) < 4.78 is 0. The second-order valence-corrected chi connectivity index (χ2v) is 13.4. The molecule has 6 atom stereocenters. The van der Waals surface area contributed by atoms with E-state index in [-0.39, 0.29) is 31.5 Å². The van der Waals surface area contributed by atoms with E-state index in [1.54, 1.807) is 10.0 Å². The van der Waals surface area contributed by atoms with E-state index in [4.69, 9.17) is 46.4 Å². The van der Waals surface area contributed by atoms with Gasteiger partial charge in [0.2, 0.25) is 11.8 Å². The first-order valence-electron chi connectivity index (χ1n) is 14.5. The number of benzene rings is 4. The molecule has 230 valence electrons. The second kappa shape index (κ2) is 10.9. The minimum absolute atomic E-state index is 0.257. The molecule has 4 aromatic rings. The summed E-state index contributed by atoms with van der Waals surface area (Å²) in [7, 11) is 0. The van der Waals surface area contributed by atoms with Crippen LogP contribution in [0.15, 0.2) is 97.1 Å². The molecule has 8 rings (SSSR count). The van der Waals surface area contributed by atoms with Crippen molar-refractivity contribution in [3.05, 3.63) is 128 Å². The summed E-state index contributed by atoms with van der Waals surface area (Å²) >= 11 is 25.2. The van der Waals surface area contributed by atoms with Gasteiger partial charge in [0.25, 0.3) is 11.8 Å². The number of rotatable bonds is 4. The number of nitrogens with zero attached hydrogens (tertiary/aromatic N) is 4. The van der Waals surface area contributed by atoms with Gasteiger partial charge in [-0.3, -0.25) is 19.2 Å². The predicted octanol–water partition coefficient (Wildman–Crippen LogP) is 6.75. The largest absolute Gasteiger partial charge is 0.274 e. The third-order valence-corrected chi connectivity index (χ3v) is 10.1. The van der Waals surface area contributed by atoms with Gasteiger partial charge in [-0.25, -0.2) is 19.8 Å². The van der Waals surface area contributed by atoms with Crippen LogP contribution in [0.2, 0.25) is 20.1 Å². The number of fused-ring (bicyclic) bond motifs is 5. The summed E-state index contributed by atoms with van der Waals surface area (Å²) in [4.78, 5) is 60.2. The van der Waals surface area contributed by atoms with E-state index in [2.05, 4.69) is 0 Å². The molecule has 0 spiro atoms. The number of imide groups is 2. The number of hydrazine groups is 1. The van der Waals surface area contributed by atoms with Crippen molar-refractivity contribution in [1.29, 1.82) is 0 Å². The van der Waals surface area contributed by atoms with Crippen molar-refractivity contribution in [2.75, 3.05) is 9.80 Å². The van der Waals surface area contributed by atoms with Gasteiger partial charge in [-0.1, -0.05) is 107 Å². The zero-order chi connectivity index (χ0) is 32.0. The molecule has 4 fully saturated rings. The van der Waals surface area contributed by atoms with Crippen LogP contribution < -0.4 is 9.80 Å². The quantitative estimate of drug-likeness (QED) is 0.221. The molecule has 0 aromatic heterocycles. The first-order valence-corrected chi connectivity index (χ1v) is 16.0. The Labute approximate surface area is 283 Å². The maximum absolute atomic E-state index is 14.5. The molecule has 46 heavy (non-hydrogen) atoms. The summed E-state index contributed by atoms with van der Waals surface area (Å²) in [6.07, 6.45) is 0. The van der Waals surface area contributed by atoms with Crippen LogP contribution in [0, 0.1) is 11.8 Å². The van der Waals surface area contributed by atoms with Crippen molar-refractivity contribution in [3.63, 3.8) is 0 Å². The van der Waals surface area contributed by atoms with Crippen molar-refractivity contribution in [2.45, 2.75) is 24.2 Å². The van der Waals surface area contributed by atoms with E-state index in [0.29, 0.717) is 0 Å². The van der Waals surface area contributed by atoms with E-state index in [0.717, 1.165) is 20.9 Å². The van der Waals surface area contributed by atoms with Gasteiger partial charge in [0, 0.05) is 20.1 Å². The van der Waals surface area contributed by atoms with Crippen LogP contribution in [0.3, 0.4) is 0 Å². The average Bonchev–Trinajstić information content (AvgIpc) is 3.68. The summed E-state index contributed by atoms with van der Waals surface area (Å²) in [6, 6.07) is 24.1. The molecule has 4 aromatic carbocycles. The van der Waals surface area contributed by atoms with Gasteiger partial charge in [0.15, 0.2) is 0 Å². The second-order valence-electron chi connectivity index (χ2n) is 11.7. The fraction of sp³-hybridized carbons (Fsp3) is 0.176. The Morgan fingerprint density at radius 3 is 1.07 bits per heavy atom. The Morgan fingerprint density at radius 1 is 0.413 bits per heavy atom. The summed E-state index contributed by atoms with van der Waals surface area (Å²) in [5.74, 6) is -3.69. The minimum Gasteiger partial charge on any atom is -0.274 e. The first-order chi connectivity index (χ1) is 22.2. The molecule has 0 bridgehead atoms. The topological polar surface area (TPSA) is 81.2 Å². The molecule has 0 N–H and O–H groups in total. The van der Waals surface area contributed by atoms with Gasteiger partial charge >= 0.3 is 0 Å². The number of amides is 4. The van der Waals surface area contributed by atoms with Crippen LogP contribution in [0.25, 0.3) is 0 Å². The molecule has 4 aliphatic heterocycles. The SMILES string of the molecule is O=C1C2C(C(=O)N1c1cc(Cl)cc(Cl)c1)N1C(c3ccccc3)C3C(=O)N(c4cc(Cl)cc(Cl)c4)C(=O)C3N1C2c1ccccc1. The number of anilines is 2. The lowest BCUT2D eigenvalue weighted by atomic mass is 9.84. The summed E-state index contributed by atoms with van der Waals surface area (Å²) in [6.45, 7) is 0. The Balaban J connectivity index is 1.33. The lowest BCUT2D eigenvalue weighted by molar-refractivity contribution is -0.136. The minimum atomic E-state index is -1.01. The molecular formula is C34H22Cl4N4O4. The zero-order valence-corrected chi connectivity index (χ0v) is 26.7. The normalized spacial score (nSPS) is 27.5. The Morgan fingerprint density at radius 2 is 0.739 bits per heavy atom. The third-order valence-electron chi connectivity index (χ3n) is 9.22. The fourth-order valence-electron chi connectivity index (χ4n) is 7.64. The molecule has 8 nitrogen and oxygen atoms in total. The van der Waals surface area contributed by atoms with Crippen LogP contribution in [0.1, 0.15) is 23.2 Å². The van der Waals surface area contributed by atoms with E-state index in [9.17, 15) is 19.2 Å². The highest BCUT2D eigenvalue weighted by Gasteiger charge is 2.73. The van der Waals surface area contributed by atoms with E-state index < -0.39 is 59.6 Å². The maximum Gasteiger partial charge on any atom is 0.253 e. The van der Waals surface area contributed by atoms with Gasteiger partial charge in [-0.15, -0.1) is 0 Å². The van der Waals surface area contributed by atoms with Gasteiger partial charge in [0.05, 0.1) is 35.3 Å². The first kappa shape index (κ1) is 29.6. The lowest BCUT2D eigenvalue weighted by Gasteiger charge is -2.35. The molecule has 6 unspecified atom stereocenters. The number of carbonyl (C=O) groups is 4. The number of halogens is 4. The molecule has 4 saturated heterocycles. The van der Waals surface area contributed by atoms with E-state index >= 15 is 0 Å². The number of hydrogen-bond donors (Lipinski definition) is 0. The highest BCUT2D eigenvalue weighted by atomic mass is 35.5. The standard InChI is InChI=1S/C34H22Cl4N4O4/c35-19-11-20(36)14-23(13-19)39-31(43)25-27(17-7-3-1-4-8-17)41-30-26(28(18-9-5-2-6-10-18)42(41)29(25)33(39)45)32(44)40(34(30)46)24-15-21(37)12-22(38)16-24/h1-16,25-30H. The highest BCUT2D eigenvalue weighted by molar-refractivity contribution is 6.37. The van der Waals surface area contributed by atoms with Crippen molar-refractivity contribution in [1.82, 2.24) is 10.0 Å². The van der Waals surface area contributed by atoms with Gasteiger partial charge in [-0.05, 0) is 47.5 Å². The molecule has 4 amide bonds. The van der Waals surface area contributed by atoms with E-state index in [1.165, 1.54) is 36.4 Å². The van der Waals surface area contributed by atoms with Crippen molar-refractivity contribution in [3.8, 4) is 0 Å². The number of hydrogen-bond acceptors (Lipinski definition) is 6. The average molecular weight is 692 g/mol. The predicted molar refractivity (Wildman–Crippen MR) is 175 cm³/mol. The zero-order valence-electron chi connectivity index (χ0n) is 23.6. The third kappa shape index (κ3) is 4.29. The Hall–Kier alpha value is -3.76. The van der Waals surface area contributed by atoms with Crippen molar-refractivity contribution >= 4 is 81.4 Å². The molecule has 4 aliphatic rings.